The summed E-state index contributed by atoms with van der Waals surface area (Å²) in [5, 5.41) is 9.73. The third kappa shape index (κ3) is 3.96. The van der Waals surface area contributed by atoms with Crippen molar-refractivity contribution in [2.45, 2.75) is 69.0 Å². The van der Waals surface area contributed by atoms with Crippen molar-refractivity contribution in [2.24, 2.45) is 5.92 Å². The second kappa shape index (κ2) is 9.34. The van der Waals surface area contributed by atoms with Crippen LogP contribution in [0.15, 0.2) is 30.9 Å². The summed E-state index contributed by atoms with van der Waals surface area (Å²) < 4.78 is 6.72. The molecule has 1 spiro atoms. The summed E-state index contributed by atoms with van der Waals surface area (Å²) in [4.78, 5) is 56.2. The van der Waals surface area contributed by atoms with Gasteiger partial charge in [0.2, 0.25) is 11.8 Å². The van der Waals surface area contributed by atoms with Gasteiger partial charge in [-0.05, 0) is 44.1 Å². The lowest BCUT2D eigenvalue weighted by Gasteiger charge is -2.33. The first-order valence-corrected chi connectivity index (χ1v) is 16.2. The highest BCUT2D eigenvalue weighted by Gasteiger charge is 2.66. The van der Waals surface area contributed by atoms with Gasteiger partial charge in [-0.25, -0.2) is 0 Å². The SMILES string of the molecule is C=CCN1C(=O)[C@]2(O[C@H](CC(=O)N3CCC[C@H]3CO)[C@@H]([Si](C)(C)O)[C@@H]2C)c2cc(N3CCC3=O)ccc21. The Morgan fingerprint density at radius 1 is 1.30 bits per heavy atom. The molecule has 5 rings (SSSR count). The lowest BCUT2D eigenvalue weighted by Crippen LogP contribution is -2.46. The standard InChI is InChI=1S/C27H37N3O6Si/c1-5-11-30-21-9-8-18(29-13-10-23(29)32)14-20(21)27(26(30)34)17(2)25(37(3,4)35)22(36-27)15-24(33)28-12-6-7-19(28)16-31/h5,8-9,14,17,19,22,25,31,35H,1,6-7,10-13,15-16H2,2-4H3/t17-,19-,22+,25-,27+/m0/s1. The minimum absolute atomic E-state index is 0.0379. The van der Waals surface area contributed by atoms with Gasteiger partial charge in [-0.3, -0.25) is 14.4 Å². The van der Waals surface area contributed by atoms with E-state index in [-0.39, 0.29) is 42.3 Å². The van der Waals surface area contributed by atoms with E-state index in [1.54, 1.807) is 20.8 Å². The van der Waals surface area contributed by atoms with Gasteiger partial charge in [0.05, 0.1) is 30.9 Å². The number of β-lactam (4-membered cyclic amide) rings is 1. The van der Waals surface area contributed by atoms with Gasteiger partial charge in [-0.2, -0.15) is 0 Å². The monoisotopic (exact) mass is 527 g/mol. The first kappa shape index (κ1) is 26.1. The molecule has 1 aromatic carbocycles. The van der Waals surface area contributed by atoms with Crippen molar-refractivity contribution in [3.8, 4) is 0 Å². The van der Waals surface area contributed by atoms with Crippen LogP contribution in [0.4, 0.5) is 11.4 Å². The fourth-order valence-electron chi connectivity index (χ4n) is 6.97. The van der Waals surface area contributed by atoms with Gasteiger partial charge < -0.3 is 29.3 Å². The zero-order chi connectivity index (χ0) is 26.7. The second-order valence-corrected chi connectivity index (χ2v) is 15.3. The average Bonchev–Trinajstić information content (AvgIpc) is 3.49. The van der Waals surface area contributed by atoms with E-state index in [2.05, 4.69) is 6.58 Å². The van der Waals surface area contributed by atoms with Crippen LogP contribution in [0.1, 0.15) is 38.2 Å². The molecule has 3 amide bonds. The van der Waals surface area contributed by atoms with Gasteiger partial charge in [-0.1, -0.05) is 13.0 Å². The van der Waals surface area contributed by atoms with Crippen molar-refractivity contribution in [3.05, 3.63) is 36.4 Å². The van der Waals surface area contributed by atoms with E-state index in [0.717, 1.165) is 18.5 Å². The van der Waals surface area contributed by atoms with Crippen molar-refractivity contribution in [2.75, 3.05) is 36.0 Å². The molecule has 4 heterocycles. The van der Waals surface area contributed by atoms with Gasteiger partial charge in [0.25, 0.3) is 5.91 Å². The summed E-state index contributed by atoms with van der Waals surface area (Å²) in [5.74, 6) is -0.708. The zero-order valence-electron chi connectivity index (χ0n) is 21.9. The molecule has 9 nitrogen and oxygen atoms in total. The van der Waals surface area contributed by atoms with Crippen LogP contribution in [-0.2, 0) is 24.7 Å². The molecule has 10 heteroatoms. The Labute approximate surface area is 218 Å². The van der Waals surface area contributed by atoms with Gasteiger partial charge in [0.1, 0.15) is 0 Å². The highest BCUT2D eigenvalue weighted by Crippen LogP contribution is 2.60. The predicted octanol–water partition coefficient (Wildman–Crippen LogP) is 2.13. The number of likely N-dealkylation sites (tertiary alicyclic amines) is 1. The van der Waals surface area contributed by atoms with E-state index in [1.165, 1.54) is 0 Å². The number of benzene rings is 1. The molecule has 0 aliphatic carbocycles. The molecule has 0 bridgehead atoms. The fraction of sp³-hybridized carbons (Fsp3) is 0.593. The lowest BCUT2D eigenvalue weighted by atomic mass is 9.82. The minimum atomic E-state index is -2.91. The molecule has 0 unspecified atom stereocenters. The number of ether oxygens (including phenoxy) is 1. The number of hydrogen-bond acceptors (Lipinski definition) is 6. The Hall–Kier alpha value is -2.53. The number of hydrogen-bond donors (Lipinski definition) is 2. The molecule has 0 radical (unpaired) electrons. The molecule has 1 aromatic rings. The fourth-order valence-corrected chi connectivity index (χ4v) is 9.53. The average molecular weight is 528 g/mol. The lowest BCUT2D eigenvalue weighted by molar-refractivity contribution is -0.149. The van der Waals surface area contributed by atoms with Crippen LogP contribution < -0.4 is 9.80 Å². The van der Waals surface area contributed by atoms with Crippen LogP contribution in [0.3, 0.4) is 0 Å². The van der Waals surface area contributed by atoms with E-state index in [0.29, 0.717) is 37.3 Å². The Bertz CT molecular complexity index is 1140. The van der Waals surface area contributed by atoms with Crippen LogP contribution in [-0.4, -0.2) is 79.2 Å². The van der Waals surface area contributed by atoms with E-state index in [9.17, 15) is 24.3 Å². The molecule has 200 valence electrons. The van der Waals surface area contributed by atoms with Crippen molar-refractivity contribution >= 4 is 37.4 Å². The van der Waals surface area contributed by atoms with Gasteiger partial charge in [-0.15, -0.1) is 6.58 Å². The minimum Gasteiger partial charge on any atom is -0.432 e. The summed E-state index contributed by atoms with van der Waals surface area (Å²) in [5.41, 5.74) is 0.360. The number of aliphatic hydroxyl groups excluding tert-OH is 1. The van der Waals surface area contributed by atoms with Crippen LogP contribution in [0.5, 0.6) is 0 Å². The smallest absolute Gasteiger partial charge is 0.264 e. The van der Waals surface area contributed by atoms with Crippen molar-refractivity contribution in [1.82, 2.24) is 4.90 Å². The molecule has 0 saturated carbocycles. The number of carbonyl (C=O) groups is 3. The largest absolute Gasteiger partial charge is 0.432 e. The number of aliphatic hydroxyl groups is 1. The summed E-state index contributed by atoms with van der Waals surface area (Å²) in [7, 11) is -2.91. The number of rotatable bonds is 7. The number of amides is 3. The molecule has 5 atom stereocenters. The molecule has 0 aromatic heterocycles. The van der Waals surface area contributed by atoms with Crippen LogP contribution in [0.25, 0.3) is 0 Å². The van der Waals surface area contributed by atoms with Crippen LogP contribution in [0.2, 0.25) is 18.6 Å². The van der Waals surface area contributed by atoms with E-state index in [1.807, 2.05) is 38.2 Å². The molecular formula is C27H37N3O6Si. The molecule has 3 fully saturated rings. The Balaban J connectivity index is 1.56. The maximum atomic E-state index is 14.2. The highest BCUT2D eigenvalue weighted by molar-refractivity contribution is 6.71. The summed E-state index contributed by atoms with van der Waals surface area (Å²) in [6.45, 7) is 10.9. The first-order chi connectivity index (χ1) is 17.5. The van der Waals surface area contributed by atoms with Gasteiger partial charge in [0.15, 0.2) is 13.9 Å². The third-order valence-electron chi connectivity index (χ3n) is 8.73. The Morgan fingerprint density at radius 3 is 2.65 bits per heavy atom. The first-order valence-electron chi connectivity index (χ1n) is 13.2. The van der Waals surface area contributed by atoms with Crippen LogP contribution >= 0.6 is 0 Å². The maximum Gasteiger partial charge on any atom is 0.264 e. The van der Waals surface area contributed by atoms with Crippen molar-refractivity contribution in [1.29, 1.82) is 0 Å². The number of anilines is 2. The maximum absolute atomic E-state index is 14.2. The third-order valence-corrected chi connectivity index (χ3v) is 11.2. The number of fused-ring (bicyclic) bond motifs is 2. The molecule has 4 aliphatic heterocycles. The van der Waals surface area contributed by atoms with E-state index in [4.69, 9.17) is 4.74 Å². The predicted molar refractivity (Wildman–Crippen MR) is 142 cm³/mol. The van der Waals surface area contributed by atoms with Gasteiger partial charge >= 0.3 is 0 Å². The molecule has 4 aliphatic rings. The summed E-state index contributed by atoms with van der Waals surface area (Å²) in [6, 6.07) is 5.38. The van der Waals surface area contributed by atoms with E-state index < -0.39 is 25.9 Å². The topological polar surface area (TPSA) is 111 Å². The summed E-state index contributed by atoms with van der Waals surface area (Å²) >= 11 is 0. The Kier molecular flexibility index (Phi) is 6.58. The van der Waals surface area contributed by atoms with Crippen molar-refractivity contribution < 1.29 is 29.0 Å². The Morgan fingerprint density at radius 2 is 2.05 bits per heavy atom. The van der Waals surface area contributed by atoms with Crippen molar-refractivity contribution in [3.63, 3.8) is 0 Å². The normalized spacial score (nSPS) is 31.3. The molecule has 3 saturated heterocycles. The molecule has 2 N–H and O–H groups in total. The van der Waals surface area contributed by atoms with E-state index >= 15 is 0 Å². The van der Waals surface area contributed by atoms with Gasteiger partial charge in [0, 0.05) is 48.8 Å². The number of carbonyl (C=O) groups excluding carboxylic acids is 3. The van der Waals surface area contributed by atoms with Crippen LogP contribution in [0, 0.1) is 5.92 Å². The quantitative estimate of drug-likeness (QED) is 0.319. The molecule has 37 heavy (non-hydrogen) atoms. The zero-order valence-corrected chi connectivity index (χ0v) is 22.9. The summed E-state index contributed by atoms with van der Waals surface area (Å²) in [6.07, 6.45) is 3.16. The number of nitrogens with zero attached hydrogens (tertiary/aromatic N) is 3. The molecular weight excluding hydrogens is 490 g/mol. The highest BCUT2D eigenvalue weighted by atomic mass is 28.4. The second-order valence-electron chi connectivity index (χ2n) is 11.3.